The van der Waals surface area contributed by atoms with Crippen LogP contribution in [0.2, 0.25) is 0 Å². The van der Waals surface area contributed by atoms with Gasteiger partial charge in [0.2, 0.25) is 0 Å². The van der Waals surface area contributed by atoms with Crippen molar-refractivity contribution >= 4 is 21.8 Å². The average molecular weight is 369 g/mol. The van der Waals surface area contributed by atoms with Crippen LogP contribution in [-0.4, -0.2) is 34.6 Å². The van der Waals surface area contributed by atoms with Gasteiger partial charge < -0.3 is 9.47 Å². The van der Waals surface area contributed by atoms with E-state index in [0.29, 0.717) is 11.0 Å². The summed E-state index contributed by atoms with van der Waals surface area (Å²) in [7, 11) is 0. The van der Waals surface area contributed by atoms with Crippen molar-refractivity contribution < 1.29 is 18.0 Å². The third kappa shape index (κ3) is 5.73. The van der Waals surface area contributed by atoms with Crippen molar-refractivity contribution in [1.82, 2.24) is 9.47 Å². The zero-order chi connectivity index (χ0) is 16.2. The zero-order valence-corrected chi connectivity index (χ0v) is 14.0. The maximum Gasteiger partial charge on any atom is 0.406 e. The minimum Gasteiger partial charge on any atom is -0.342 e. The molecule has 21 heavy (non-hydrogen) atoms. The van der Waals surface area contributed by atoms with Crippen molar-refractivity contribution in [2.75, 3.05) is 13.1 Å². The van der Waals surface area contributed by atoms with Crippen LogP contribution >= 0.6 is 15.9 Å². The molecule has 3 nitrogen and oxygen atoms in total. The lowest BCUT2D eigenvalue weighted by Gasteiger charge is -2.26. The molecule has 7 heteroatoms. The Bertz CT molecular complexity index is 483. The summed E-state index contributed by atoms with van der Waals surface area (Å²) in [4.78, 5) is 13.3. The molecule has 120 valence electrons. The molecule has 0 N–H and O–H groups in total. The summed E-state index contributed by atoms with van der Waals surface area (Å²) in [6.45, 7) is 4.97. The fraction of sp³-hybridized carbons (Fsp3) is 0.643. The van der Waals surface area contributed by atoms with Crippen molar-refractivity contribution in [3.8, 4) is 0 Å². The van der Waals surface area contributed by atoms with Crippen LogP contribution in [0.1, 0.15) is 37.7 Å². The van der Waals surface area contributed by atoms with Gasteiger partial charge in [-0.1, -0.05) is 20.8 Å². The number of amides is 1. The SMILES string of the molecule is CCCn1cc(Br)cc1C(=O)N(CC(C)C)CC(F)(F)F. The molecule has 0 atom stereocenters. The minimum atomic E-state index is -4.40. The summed E-state index contributed by atoms with van der Waals surface area (Å²) >= 11 is 3.27. The Morgan fingerprint density at radius 3 is 2.52 bits per heavy atom. The maximum atomic E-state index is 12.7. The molecule has 0 saturated carbocycles. The Morgan fingerprint density at radius 1 is 1.43 bits per heavy atom. The molecular formula is C14H20BrF3N2O. The summed E-state index contributed by atoms with van der Waals surface area (Å²) in [5, 5.41) is 0. The van der Waals surface area contributed by atoms with E-state index in [2.05, 4.69) is 15.9 Å². The van der Waals surface area contributed by atoms with Crippen LogP contribution in [0.15, 0.2) is 16.7 Å². The van der Waals surface area contributed by atoms with E-state index in [0.717, 1.165) is 11.3 Å². The number of carbonyl (C=O) groups is 1. The van der Waals surface area contributed by atoms with Gasteiger partial charge in [-0.3, -0.25) is 4.79 Å². The number of aromatic nitrogens is 1. The molecule has 1 heterocycles. The first-order valence-corrected chi connectivity index (χ1v) is 7.65. The molecule has 0 aliphatic carbocycles. The largest absolute Gasteiger partial charge is 0.406 e. The first-order chi connectivity index (χ1) is 9.64. The molecule has 0 unspecified atom stereocenters. The van der Waals surface area contributed by atoms with Gasteiger partial charge in [0, 0.05) is 23.8 Å². The number of nitrogens with zero attached hydrogens (tertiary/aromatic N) is 2. The molecule has 0 saturated heterocycles. The number of rotatable bonds is 6. The Labute approximate surface area is 131 Å². The highest BCUT2D eigenvalue weighted by atomic mass is 79.9. The summed E-state index contributed by atoms with van der Waals surface area (Å²) < 4.78 is 40.4. The Hall–Kier alpha value is -0.980. The minimum absolute atomic E-state index is 0.0330. The molecule has 1 rings (SSSR count). The predicted octanol–water partition coefficient (Wildman–Crippen LogP) is 4.32. The van der Waals surface area contributed by atoms with Crippen LogP contribution in [0.4, 0.5) is 13.2 Å². The molecule has 1 aromatic heterocycles. The molecule has 0 fully saturated rings. The maximum absolute atomic E-state index is 12.7. The van der Waals surface area contributed by atoms with Crippen LogP contribution in [-0.2, 0) is 6.54 Å². The quantitative estimate of drug-likeness (QED) is 0.733. The third-order valence-corrected chi connectivity index (χ3v) is 3.22. The van der Waals surface area contributed by atoms with Crippen LogP contribution in [0.25, 0.3) is 0 Å². The average Bonchev–Trinajstić information content (AvgIpc) is 2.66. The summed E-state index contributed by atoms with van der Waals surface area (Å²) in [5.74, 6) is -0.616. The van der Waals surface area contributed by atoms with Gasteiger partial charge in [0.05, 0.1) is 0 Å². The first kappa shape index (κ1) is 18.1. The van der Waals surface area contributed by atoms with E-state index in [1.54, 1.807) is 30.7 Å². The van der Waals surface area contributed by atoms with Gasteiger partial charge in [-0.15, -0.1) is 0 Å². The summed E-state index contributed by atoms with van der Waals surface area (Å²) in [6.07, 6.45) is -1.88. The van der Waals surface area contributed by atoms with Gasteiger partial charge in [0.1, 0.15) is 12.2 Å². The van der Waals surface area contributed by atoms with Gasteiger partial charge in [0.15, 0.2) is 0 Å². The highest BCUT2D eigenvalue weighted by molar-refractivity contribution is 9.10. The molecule has 0 bridgehead atoms. The van der Waals surface area contributed by atoms with Crippen molar-refractivity contribution in [3.63, 3.8) is 0 Å². The van der Waals surface area contributed by atoms with Crippen LogP contribution in [0.3, 0.4) is 0 Å². The molecule has 1 amide bonds. The van der Waals surface area contributed by atoms with E-state index in [9.17, 15) is 18.0 Å². The second-order valence-electron chi connectivity index (χ2n) is 5.43. The number of alkyl halides is 3. The molecule has 0 spiro atoms. The number of aryl methyl sites for hydroxylation is 1. The highest BCUT2D eigenvalue weighted by Crippen LogP contribution is 2.22. The lowest BCUT2D eigenvalue weighted by atomic mass is 10.2. The molecule has 0 aliphatic heterocycles. The second-order valence-corrected chi connectivity index (χ2v) is 6.35. The topological polar surface area (TPSA) is 25.2 Å². The normalized spacial score (nSPS) is 12.0. The lowest BCUT2D eigenvalue weighted by Crippen LogP contribution is -2.41. The van der Waals surface area contributed by atoms with E-state index in [-0.39, 0.29) is 18.2 Å². The number of halogens is 4. The number of hydrogen-bond donors (Lipinski definition) is 0. The molecule has 0 radical (unpaired) electrons. The predicted molar refractivity (Wildman–Crippen MR) is 79.2 cm³/mol. The van der Waals surface area contributed by atoms with E-state index < -0.39 is 18.6 Å². The van der Waals surface area contributed by atoms with Gasteiger partial charge in [-0.2, -0.15) is 13.2 Å². The van der Waals surface area contributed by atoms with E-state index in [1.807, 2.05) is 6.92 Å². The van der Waals surface area contributed by atoms with Gasteiger partial charge >= 0.3 is 6.18 Å². The smallest absolute Gasteiger partial charge is 0.342 e. The number of hydrogen-bond acceptors (Lipinski definition) is 1. The van der Waals surface area contributed by atoms with Crippen LogP contribution < -0.4 is 0 Å². The fourth-order valence-electron chi connectivity index (χ4n) is 2.12. The third-order valence-electron chi connectivity index (χ3n) is 2.79. The van der Waals surface area contributed by atoms with Crippen molar-refractivity contribution in [2.24, 2.45) is 5.92 Å². The van der Waals surface area contributed by atoms with E-state index in [4.69, 9.17) is 0 Å². The Kier molecular flexibility index (Phi) is 6.31. The van der Waals surface area contributed by atoms with Crippen molar-refractivity contribution in [3.05, 3.63) is 22.4 Å². The molecule has 1 aromatic rings. The fourth-order valence-corrected chi connectivity index (χ4v) is 2.58. The lowest BCUT2D eigenvalue weighted by molar-refractivity contribution is -0.141. The molecule has 0 aromatic carbocycles. The molecular weight excluding hydrogens is 349 g/mol. The first-order valence-electron chi connectivity index (χ1n) is 6.85. The van der Waals surface area contributed by atoms with Crippen molar-refractivity contribution in [2.45, 2.75) is 39.9 Å². The standard InChI is InChI=1S/C14H20BrF3N2O/c1-4-5-19-8-11(15)6-12(19)13(21)20(7-10(2)3)9-14(16,17)18/h6,8,10H,4-5,7,9H2,1-3H3. The van der Waals surface area contributed by atoms with E-state index >= 15 is 0 Å². The van der Waals surface area contributed by atoms with Gasteiger partial charge in [0.25, 0.3) is 5.91 Å². The van der Waals surface area contributed by atoms with Crippen LogP contribution in [0.5, 0.6) is 0 Å². The highest BCUT2D eigenvalue weighted by Gasteiger charge is 2.34. The van der Waals surface area contributed by atoms with Gasteiger partial charge in [-0.05, 0) is 34.3 Å². The Balaban J connectivity index is 3.04. The van der Waals surface area contributed by atoms with Crippen LogP contribution in [0, 0.1) is 5.92 Å². The summed E-state index contributed by atoms with van der Waals surface area (Å²) in [6, 6.07) is 1.57. The number of carbonyl (C=O) groups excluding carboxylic acids is 1. The van der Waals surface area contributed by atoms with E-state index in [1.165, 1.54) is 0 Å². The second kappa shape index (κ2) is 7.33. The monoisotopic (exact) mass is 368 g/mol. The molecule has 0 aliphatic rings. The zero-order valence-electron chi connectivity index (χ0n) is 12.4. The Morgan fingerprint density at radius 2 is 2.05 bits per heavy atom. The summed E-state index contributed by atoms with van der Waals surface area (Å²) in [5.41, 5.74) is 0.286. The van der Waals surface area contributed by atoms with Gasteiger partial charge in [-0.25, -0.2) is 0 Å². The van der Waals surface area contributed by atoms with Crippen molar-refractivity contribution in [1.29, 1.82) is 0 Å².